The van der Waals surface area contributed by atoms with Gasteiger partial charge in [-0.25, -0.2) is 4.57 Å². The van der Waals surface area contributed by atoms with Crippen molar-refractivity contribution in [2.24, 2.45) is 5.73 Å². The number of hydrogen-bond donors (Lipinski definition) is 2. The van der Waals surface area contributed by atoms with Crippen molar-refractivity contribution in [3.8, 4) is 0 Å². The van der Waals surface area contributed by atoms with Gasteiger partial charge in [0.2, 0.25) is 0 Å². The highest BCUT2D eigenvalue weighted by Crippen LogP contribution is 2.43. The van der Waals surface area contributed by atoms with E-state index in [9.17, 15) is 19.0 Å². The lowest BCUT2D eigenvalue weighted by Crippen LogP contribution is -2.29. The third kappa shape index (κ3) is 36.3. The zero-order chi connectivity index (χ0) is 36.1. The highest BCUT2D eigenvalue weighted by Gasteiger charge is 2.26. The Labute approximate surface area is 300 Å². The van der Waals surface area contributed by atoms with E-state index in [1.807, 2.05) is 0 Å². The Hall–Kier alpha value is -1.25. The van der Waals surface area contributed by atoms with E-state index in [2.05, 4.69) is 26.0 Å². The molecule has 0 aliphatic carbocycles. The number of carbonyl (C=O) groups excluding carboxylic acids is 2. The summed E-state index contributed by atoms with van der Waals surface area (Å²) in [6.07, 6.45) is 35.2. The van der Waals surface area contributed by atoms with Gasteiger partial charge in [0.1, 0.15) is 6.61 Å². The van der Waals surface area contributed by atoms with Gasteiger partial charge in [-0.2, -0.15) is 0 Å². The number of ether oxygens (including phenoxy) is 2. The van der Waals surface area contributed by atoms with Crippen molar-refractivity contribution in [3.63, 3.8) is 0 Å². The zero-order valence-corrected chi connectivity index (χ0v) is 32.6. The van der Waals surface area contributed by atoms with E-state index in [-0.39, 0.29) is 38.6 Å². The minimum absolute atomic E-state index is 0.0546. The number of phosphoric ester groups is 1. The standard InChI is InChI=1S/C39H76NO8P/c1-3-5-7-9-11-13-15-17-18-20-22-24-26-28-30-32-39(42)48-37(36-47-49(43,44)46-34-33-40)35-45-38(41)31-29-27-25-23-21-19-16-14-12-10-8-6-4-2/h17-18,37H,3-16,19-36,40H2,1-2H3,(H,43,44)/b18-17+/t37-/m0/s1. The van der Waals surface area contributed by atoms with Gasteiger partial charge in [0, 0.05) is 19.4 Å². The van der Waals surface area contributed by atoms with Crippen LogP contribution in [-0.4, -0.2) is 49.3 Å². The molecule has 1 unspecified atom stereocenters. The summed E-state index contributed by atoms with van der Waals surface area (Å²) in [5.74, 6) is -0.831. The Morgan fingerprint density at radius 3 is 1.45 bits per heavy atom. The summed E-state index contributed by atoms with van der Waals surface area (Å²) in [5, 5.41) is 0. The van der Waals surface area contributed by atoms with Crippen LogP contribution in [0.25, 0.3) is 0 Å². The molecule has 9 nitrogen and oxygen atoms in total. The van der Waals surface area contributed by atoms with E-state index in [0.29, 0.717) is 6.42 Å². The minimum atomic E-state index is -4.37. The maximum atomic E-state index is 12.5. The summed E-state index contributed by atoms with van der Waals surface area (Å²) in [6, 6.07) is 0. The van der Waals surface area contributed by atoms with Crippen molar-refractivity contribution in [2.75, 3.05) is 26.4 Å². The molecule has 0 saturated heterocycles. The van der Waals surface area contributed by atoms with Crippen molar-refractivity contribution >= 4 is 19.8 Å². The summed E-state index contributed by atoms with van der Waals surface area (Å²) in [6.45, 7) is 3.73. The first-order valence-corrected chi connectivity index (χ1v) is 21.7. The quantitative estimate of drug-likeness (QED) is 0.0277. The molecule has 0 bridgehead atoms. The van der Waals surface area contributed by atoms with Crippen molar-refractivity contribution in [1.82, 2.24) is 0 Å². The zero-order valence-electron chi connectivity index (χ0n) is 31.7. The van der Waals surface area contributed by atoms with Crippen molar-refractivity contribution in [1.29, 1.82) is 0 Å². The van der Waals surface area contributed by atoms with Crippen molar-refractivity contribution in [2.45, 2.75) is 200 Å². The lowest BCUT2D eigenvalue weighted by molar-refractivity contribution is -0.161. The third-order valence-electron chi connectivity index (χ3n) is 8.65. The molecule has 0 aromatic rings. The molecule has 0 spiro atoms. The molecule has 0 fully saturated rings. The molecular weight excluding hydrogens is 641 g/mol. The van der Waals surface area contributed by atoms with E-state index in [4.69, 9.17) is 24.3 Å². The Morgan fingerprint density at radius 2 is 1.00 bits per heavy atom. The molecule has 0 aromatic heterocycles. The predicted octanol–water partition coefficient (Wildman–Crippen LogP) is 11.1. The molecule has 0 aliphatic heterocycles. The number of rotatable bonds is 38. The molecule has 49 heavy (non-hydrogen) atoms. The van der Waals surface area contributed by atoms with Crippen LogP contribution < -0.4 is 5.73 Å². The summed E-state index contributed by atoms with van der Waals surface area (Å²) < 4.78 is 32.7. The SMILES string of the molecule is CCCCCCCC/C=C/CCCCCCCC(=O)O[C@@H](COC(=O)CCCCCCCCCCCCCCC)COP(=O)(O)OCCN. The number of nitrogens with two attached hydrogens (primary N) is 1. The van der Waals surface area contributed by atoms with Gasteiger partial charge >= 0.3 is 19.8 Å². The van der Waals surface area contributed by atoms with E-state index in [1.165, 1.54) is 109 Å². The number of carbonyl (C=O) groups is 2. The average molecular weight is 718 g/mol. The van der Waals surface area contributed by atoms with E-state index >= 15 is 0 Å². The Morgan fingerprint density at radius 1 is 0.592 bits per heavy atom. The maximum absolute atomic E-state index is 12.5. The van der Waals surface area contributed by atoms with Gasteiger partial charge in [0.25, 0.3) is 0 Å². The first-order valence-electron chi connectivity index (χ1n) is 20.2. The molecule has 0 amide bonds. The molecule has 0 heterocycles. The van der Waals surface area contributed by atoms with Crippen molar-refractivity contribution < 1.29 is 37.6 Å². The second-order valence-corrected chi connectivity index (χ2v) is 15.0. The second kappa shape index (κ2) is 36.5. The number of allylic oxidation sites excluding steroid dienone is 2. The lowest BCUT2D eigenvalue weighted by atomic mass is 10.0. The number of esters is 2. The van der Waals surface area contributed by atoms with Gasteiger partial charge < -0.3 is 20.1 Å². The first kappa shape index (κ1) is 47.8. The fourth-order valence-corrected chi connectivity index (χ4v) is 6.39. The summed E-state index contributed by atoms with van der Waals surface area (Å²) in [4.78, 5) is 34.7. The summed E-state index contributed by atoms with van der Waals surface area (Å²) in [5.41, 5.74) is 5.33. The fraction of sp³-hybridized carbons (Fsp3) is 0.897. The molecule has 290 valence electrons. The Balaban J connectivity index is 4.19. The van der Waals surface area contributed by atoms with Gasteiger partial charge in [-0.3, -0.25) is 18.6 Å². The second-order valence-electron chi connectivity index (χ2n) is 13.5. The van der Waals surface area contributed by atoms with Crippen LogP contribution in [0.3, 0.4) is 0 Å². The molecule has 10 heteroatoms. The molecule has 0 saturated carbocycles. The lowest BCUT2D eigenvalue weighted by Gasteiger charge is -2.19. The number of hydrogen-bond acceptors (Lipinski definition) is 8. The number of phosphoric acid groups is 1. The molecular formula is C39H76NO8P. The Kier molecular flexibility index (Phi) is 35.6. The van der Waals surface area contributed by atoms with Gasteiger partial charge in [0.05, 0.1) is 13.2 Å². The van der Waals surface area contributed by atoms with E-state index < -0.39 is 26.5 Å². The van der Waals surface area contributed by atoms with Gasteiger partial charge in [0.15, 0.2) is 6.10 Å². The number of unbranched alkanes of at least 4 members (excludes halogenated alkanes) is 23. The highest BCUT2D eigenvalue weighted by atomic mass is 31.2. The minimum Gasteiger partial charge on any atom is -0.462 e. The average Bonchev–Trinajstić information content (AvgIpc) is 3.08. The molecule has 0 rings (SSSR count). The van der Waals surface area contributed by atoms with Crippen LogP contribution in [0.15, 0.2) is 12.2 Å². The first-order chi connectivity index (χ1) is 23.8. The molecule has 0 radical (unpaired) electrons. The molecule has 2 atom stereocenters. The Bertz CT molecular complexity index is 825. The van der Waals surface area contributed by atoms with E-state index in [1.54, 1.807) is 0 Å². The van der Waals surface area contributed by atoms with E-state index in [0.717, 1.165) is 51.4 Å². The fourth-order valence-electron chi connectivity index (χ4n) is 5.63. The largest absolute Gasteiger partial charge is 0.472 e. The highest BCUT2D eigenvalue weighted by molar-refractivity contribution is 7.47. The van der Waals surface area contributed by atoms with Crippen LogP contribution in [0.2, 0.25) is 0 Å². The smallest absolute Gasteiger partial charge is 0.462 e. The molecule has 0 aliphatic rings. The van der Waals surface area contributed by atoms with Gasteiger partial charge in [-0.05, 0) is 38.5 Å². The van der Waals surface area contributed by atoms with Crippen molar-refractivity contribution in [3.05, 3.63) is 12.2 Å². The van der Waals surface area contributed by atoms with Gasteiger partial charge in [-0.1, -0.05) is 154 Å². The topological polar surface area (TPSA) is 134 Å². The van der Waals surface area contributed by atoms with Crippen LogP contribution in [0.4, 0.5) is 0 Å². The monoisotopic (exact) mass is 718 g/mol. The maximum Gasteiger partial charge on any atom is 0.472 e. The van der Waals surface area contributed by atoms with Crippen LogP contribution in [0, 0.1) is 0 Å². The van der Waals surface area contributed by atoms with Crippen LogP contribution in [0.5, 0.6) is 0 Å². The summed E-state index contributed by atoms with van der Waals surface area (Å²) >= 11 is 0. The molecule has 3 N–H and O–H groups in total. The van der Waals surface area contributed by atoms with Gasteiger partial charge in [-0.15, -0.1) is 0 Å². The van der Waals surface area contributed by atoms with Crippen LogP contribution >= 0.6 is 7.82 Å². The predicted molar refractivity (Wildman–Crippen MR) is 201 cm³/mol. The van der Waals surface area contributed by atoms with Crippen LogP contribution in [0.1, 0.15) is 194 Å². The van der Waals surface area contributed by atoms with Crippen LogP contribution in [-0.2, 0) is 32.7 Å². The molecule has 0 aromatic carbocycles. The normalized spacial score (nSPS) is 13.5. The summed E-state index contributed by atoms with van der Waals surface area (Å²) in [7, 11) is -4.37. The third-order valence-corrected chi connectivity index (χ3v) is 9.64.